The molecule has 1 aliphatic carbocycles. The van der Waals surface area contributed by atoms with E-state index in [1.807, 2.05) is 35.2 Å². The molecule has 0 N–H and O–H groups in total. The molecule has 2 fully saturated rings. The van der Waals surface area contributed by atoms with E-state index in [9.17, 15) is 4.79 Å². The molecule has 1 aliphatic heterocycles. The van der Waals surface area contributed by atoms with Gasteiger partial charge in [0.05, 0.1) is 0 Å². The Morgan fingerprint density at radius 3 is 2.50 bits per heavy atom. The number of amides is 1. The van der Waals surface area contributed by atoms with E-state index in [1.54, 1.807) is 0 Å². The Kier molecular flexibility index (Phi) is 3.50. The largest absolute Gasteiger partial charge is 0.445 e. The molecular weight excluding hydrogens is 274 g/mol. The smallest absolute Gasteiger partial charge is 0.410 e. The fourth-order valence-electron chi connectivity index (χ4n) is 4.28. The summed E-state index contributed by atoms with van der Waals surface area (Å²) in [4.78, 5) is 14.5. The summed E-state index contributed by atoms with van der Waals surface area (Å²) in [6.45, 7) is 12.5. The van der Waals surface area contributed by atoms with Gasteiger partial charge in [0.1, 0.15) is 6.61 Å². The summed E-state index contributed by atoms with van der Waals surface area (Å²) in [5.74, 6) is 1.23. The van der Waals surface area contributed by atoms with Crippen molar-refractivity contribution in [3.63, 3.8) is 0 Å². The van der Waals surface area contributed by atoms with Gasteiger partial charge in [0.15, 0.2) is 0 Å². The second kappa shape index (κ2) is 5.00. The molecule has 3 atom stereocenters. The Morgan fingerprint density at radius 2 is 1.91 bits per heavy atom. The van der Waals surface area contributed by atoms with Crippen molar-refractivity contribution in [3.05, 3.63) is 35.9 Å². The number of ether oxygens (including phenoxy) is 1. The minimum atomic E-state index is -0.160. The van der Waals surface area contributed by atoms with Gasteiger partial charge >= 0.3 is 6.09 Å². The SMILES string of the molecule is CC(C)(C)C1[C@@H]2[C@H](CN1C(=O)OCc1ccccc1)C2(C)C. The average Bonchev–Trinajstić information content (AvgIpc) is 2.84. The van der Waals surface area contributed by atoms with Gasteiger partial charge in [-0.3, -0.25) is 0 Å². The van der Waals surface area contributed by atoms with E-state index in [2.05, 4.69) is 34.6 Å². The highest BCUT2D eigenvalue weighted by Crippen LogP contribution is 2.67. The van der Waals surface area contributed by atoms with E-state index in [0.29, 0.717) is 23.9 Å². The van der Waals surface area contributed by atoms with E-state index in [1.165, 1.54) is 0 Å². The fraction of sp³-hybridized carbons (Fsp3) is 0.632. The van der Waals surface area contributed by atoms with Crippen molar-refractivity contribution < 1.29 is 9.53 Å². The van der Waals surface area contributed by atoms with Crippen molar-refractivity contribution in [2.24, 2.45) is 22.7 Å². The van der Waals surface area contributed by atoms with Crippen LogP contribution in [0.1, 0.15) is 40.2 Å². The minimum absolute atomic E-state index is 0.0823. The summed E-state index contributed by atoms with van der Waals surface area (Å²) >= 11 is 0. The zero-order valence-electron chi connectivity index (χ0n) is 14.3. The maximum atomic E-state index is 12.6. The standard InChI is InChI=1S/C19H27NO2/c1-18(2,3)16-15-14(19(15,4)5)11-20(16)17(21)22-12-13-9-7-6-8-10-13/h6-10,14-16H,11-12H2,1-5H3/t14-,15-,16?/m0/s1. The Labute approximate surface area is 133 Å². The summed E-state index contributed by atoms with van der Waals surface area (Å²) in [6, 6.07) is 10.1. The van der Waals surface area contributed by atoms with Crippen LogP contribution in [-0.4, -0.2) is 23.6 Å². The highest BCUT2D eigenvalue weighted by atomic mass is 16.6. The van der Waals surface area contributed by atoms with Crippen molar-refractivity contribution in [1.82, 2.24) is 4.90 Å². The monoisotopic (exact) mass is 301 g/mol. The van der Waals surface area contributed by atoms with Gasteiger partial charge in [-0.15, -0.1) is 0 Å². The molecule has 1 saturated carbocycles. The molecule has 1 aromatic rings. The summed E-state index contributed by atoms with van der Waals surface area (Å²) in [5.41, 5.74) is 1.49. The number of carbonyl (C=O) groups excluding carboxylic acids is 1. The van der Waals surface area contributed by atoms with Crippen LogP contribution < -0.4 is 0 Å². The van der Waals surface area contributed by atoms with Crippen LogP contribution >= 0.6 is 0 Å². The first-order chi connectivity index (χ1) is 10.2. The molecule has 1 heterocycles. The van der Waals surface area contributed by atoms with E-state index >= 15 is 0 Å². The van der Waals surface area contributed by atoms with Crippen molar-refractivity contribution in [2.45, 2.75) is 47.3 Å². The third-order valence-corrected chi connectivity index (χ3v) is 5.54. The van der Waals surface area contributed by atoms with Crippen LogP contribution in [0.2, 0.25) is 0 Å². The van der Waals surface area contributed by atoms with Crippen LogP contribution in [0.15, 0.2) is 30.3 Å². The lowest BCUT2D eigenvalue weighted by Gasteiger charge is -2.38. The van der Waals surface area contributed by atoms with E-state index in [4.69, 9.17) is 4.74 Å². The van der Waals surface area contributed by atoms with E-state index in [-0.39, 0.29) is 17.6 Å². The first-order valence-electron chi connectivity index (χ1n) is 8.20. The second-order valence-electron chi connectivity index (χ2n) is 8.46. The summed E-state index contributed by atoms with van der Waals surface area (Å²) in [7, 11) is 0. The van der Waals surface area contributed by atoms with Gasteiger partial charge in [-0.05, 0) is 28.2 Å². The fourth-order valence-corrected chi connectivity index (χ4v) is 4.28. The Balaban J connectivity index is 1.68. The third-order valence-electron chi connectivity index (χ3n) is 5.54. The van der Waals surface area contributed by atoms with Crippen LogP contribution in [0.4, 0.5) is 4.79 Å². The lowest BCUT2D eigenvalue weighted by Crippen LogP contribution is -2.47. The maximum Gasteiger partial charge on any atom is 0.410 e. The lowest BCUT2D eigenvalue weighted by molar-refractivity contribution is 0.0503. The van der Waals surface area contributed by atoms with Gasteiger partial charge < -0.3 is 9.64 Å². The van der Waals surface area contributed by atoms with Gasteiger partial charge in [-0.2, -0.15) is 0 Å². The summed E-state index contributed by atoms with van der Waals surface area (Å²) in [6.07, 6.45) is -0.160. The molecule has 1 unspecified atom stereocenters. The zero-order chi connectivity index (χ0) is 16.1. The lowest BCUT2D eigenvalue weighted by atomic mass is 9.81. The minimum Gasteiger partial charge on any atom is -0.445 e. The number of carbonyl (C=O) groups is 1. The molecular formula is C19H27NO2. The number of hydrogen-bond acceptors (Lipinski definition) is 2. The molecule has 120 valence electrons. The van der Waals surface area contributed by atoms with Gasteiger partial charge in [0, 0.05) is 12.6 Å². The first-order valence-corrected chi connectivity index (χ1v) is 8.20. The molecule has 0 aromatic heterocycles. The second-order valence-corrected chi connectivity index (χ2v) is 8.46. The molecule has 3 rings (SSSR count). The predicted molar refractivity (Wildman–Crippen MR) is 87.3 cm³/mol. The molecule has 22 heavy (non-hydrogen) atoms. The molecule has 0 radical (unpaired) electrons. The van der Waals surface area contributed by atoms with Crippen LogP contribution in [0, 0.1) is 22.7 Å². The molecule has 1 amide bonds. The molecule has 0 bridgehead atoms. The number of fused-ring (bicyclic) bond motifs is 1. The zero-order valence-corrected chi connectivity index (χ0v) is 14.3. The van der Waals surface area contributed by atoms with Gasteiger partial charge in [0.25, 0.3) is 0 Å². The van der Waals surface area contributed by atoms with E-state index in [0.717, 1.165) is 12.1 Å². The number of likely N-dealkylation sites (tertiary alicyclic amines) is 1. The number of rotatable bonds is 2. The van der Waals surface area contributed by atoms with Gasteiger partial charge in [-0.1, -0.05) is 65.0 Å². The molecule has 0 spiro atoms. The predicted octanol–water partition coefficient (Wildman–Crippen LogP) is 4.33. The topological polar surface area (TPSA) is 29.5 Å². The molecule has 2 aliphatic rings. The molecule has 1 saturated heterocycles. The number of piperidine rings is 1. The summed E-state index contributed by atoms with van der Waals surface area (Å²) in [5, 5.41) is 0. The Hall–Kier alpha value is -1.51. The highest BCUT2D eigenvalue weighted by Gasteiger charge is 2.69. The molecule has 3 nitrogen and oxygen atoms in total. The van der Waals surface area contributed by atoms with Gasteiger partial charge in [-0.25, -0.2) is 4.79 Å². The molecule has 1 aromatic carbocycles. The Bertz CT molecular complexity index is 559. The van der Waals surface area contributed by atoms with Gasteiger partial charge in [0.2, 0.25) is 0 Å². The van der Waals surface area contributed by atoms with E-state index < -0.39 is 0 Å². The van der Waals surface area contributed by atoms with Crippen molar-refractivity contribution >= 4 is 6.09 Å². The maximum absolute atomic E-state index is 12.6. The number of hydrogen-bond donors (Lipinski definition) is 0. The number of nitrogens with zero attached hydrogens (tertiary/aromatic N) is 1. The average molecular weight is 301 g/mol. The van der Waals surface area contributed by atoms with Crippen molar-refractivity contribution in [1.29, 1.82) is 0 Å². The third kappa shape index (κ3) is 2.51. The molecule has 3 heteroatoms. The Morgan fingerprint density at radius 1 is 1.27 bits per heavy atom. The van der Waals surface area contributed by atoms with Crippen LogP contribution in [0.5, 0.6) is 0 Å². The van der Waals surface area contributed by atoms with Crippen molar-refractivity contribution in [2.75, 3.05) is 6.54 Å². The van der Waals surface area contributed by atoms with Crippen LogP contribution in [0.25, 0.3) is 0 Å². The van der Waals surface area contributed by atoms with Crippen LogP contribution in [0.3, 0.4) is 0 Å². The normalized spacial score (nSPS) is 29.1. The summed E-state index contributed by atoms with van der Waals surface area (Å²) < 4.78 is 5.56. The number of benzene rings is 1. The first kappa shape index (κ1) is 15.4. The van der Waals surface area contributed by atoms with Crippen molar-refractivity contribution in [3.8, 4) is 0 Å². The van der Waals surface area contributed by atoms with Crippen LogP contribution in [-0.2, 0) is 11.3 Å². The highest BCUT2D eigenvalue weighted by molar-refractivity contribution is 5.69. The quantitative estimate of drug-likeness (QED) is 0.814.